The molecule has 1 aromatic carbocycles. The van der Waals surface area contributed by atoms with Gasteiger partial charge in [0, 0.05) is 37.7 Å². The fraction of sp³-hybridized carbons (Fsp3) is 0.889. The Morgan fingerprint density at radius 2 is 0.607 bits per heavy atom. The average molecular weight is 1300 g/mol. The molecule has 1 aromatic rings. The van der Waals surface area contributed by atoms with Crippen LogP contribution in [0.25, 0.3) is 0 Å². The van der Waals surface area contributed by atoms with Gasteiger partial charge in [0.25, 0.3) is 0 Å². The minimum absolute atomic E-state index is 0.0363. The van der Waals surface area contributed by atoms with Crippen LogP contribution in [0, 0.1) is 29.2 Å². The number of benzene rings is 1. The highest BCUT2D eigenvalue weighted by Gasteiger charge is 3.07. The van der Waals surface area contributed by atoms with Crippen molar-refractivity contribution in [2.75, 3.05) is 13.1 Å². The molecule has 2 unspecified atom stereocenters. The van der Waals surface area contributed by atoms with E-state index in [9.17, 15) is 17.6 Å². The predicted molar refractivity (Wildman–Crippen MR) is 265 cm³/mol. The Morgan fingerprint density at radius 3 is 0.857 bits per heavy atom. The number of hydrogen-bond acceptors (Lipinski definition) is 0. The smallest absolute Gasteiger partial charge is 0.300 e. The van der Waals surface area contributed by atoms with Crippen LogP contribution in [0.4, 0.5) is 129 Å². The zero-order chi connectivity index (χ0) is 66.0. The first-order valence-corrected chi connectivity index (χ1v) is 30.8. The highest BCUT2D eigenvalue weighted by atomic mass is 27.3. The lowest BCUT2D eigenvalue weighted by atomic mass is 10.0. The molecular weight excluding hydrogens is 1220 g/mol. The number of unbranched alkanes of at least 4 members (excludes halogenated alkanes) is 15. The Kier molecular flexibility index (Phi) is 31.6. The second-order valence-electron chi connectivity index (χ2n) is 22.1. The molecule has 1 rings (SSSR count). The van der Waals surface area contributed by atoms with Crippen LogP contribution in [-0.2, 0) is 0 Å². The highest BCUT2D eigenvalue weighted by molar-refractivity contribution is 6.89. The van der Waals surface area contributed by atoms with Gasteiger partial charge in [-0.05, 0) is 44.9 Å². The molecule has 0 saturated carbocycles. The maximum Gasteiger partial charge on any atom is 0.540 e. The van der Waals surface area contributed by atoms with E-state index >= 15 is 105 Å². The van der Waals surface area contributed by atoms with Gasteiger partial charge in [-0.1, -0.05) is 145 Å². The Morgan fingerprint density at radius 1 is 0.345 bits per heavy atom. The third-order valence-electron chi connectivity index (χ3n) is 15.3. The molecule has 0 aliphatic heterocycles. The minimum atomic E-state index is -13.7. The summed E-state index contributed by atoms with van der Waals surface area (Å²) in [6.45, 7) is 12.5. The normalized spacial score (nSPS) is 15.1. The van der Waals surface area contributed by atoms with Gasteiger partial charge in [-0.25, -0.2) is 13.2 Å². The monoisotopic (exact) mass is 1300 g/mol. The summed E-state index contributed by atoms with van der Waals surface area (Å²) in [6.07, 6.45) is -17.0. The van der Waals surface area contributed by atoms with E-state index in [2.05, 4.69) is 13.8 Å². The van der Waals surface area contributed by atoms with E-state index in [0.717, 1.165) is 44.6 Å². The lowest BCUT2D eigenvalue weighted by molar-refractivity contribution is -0.838. The number of alkyl halides is 24. The summed E-state index contributed by atoms with van der Waals surface area (Å²) in [6, 6.07) is 0.807. The maximum atomic E-state index is 16.6. The molecule has 2 atom stereocenters. The number of rotatable bonds is 42. The largest absolute Gasteiger partial charge is 0.540 e. The Balaban J connectivity index is 0.00000248. The van der Waals surface area contributed by atoms with Crippen LogP contribution in [0.1, 0.15) is 215 Å². The molecule has 1 N–H and O–H groups in total. The van der Waals surface area contributed by atoms with Gasteiger partial charge in [0.1, 0.15) is 0 Å². The zero-order valence-corrected chi connectivity index (χ0v) is 49.3. The second kappa shape index (κ2) is 32.5. The molecular formula is C54H80AlF28N. The van der Waals surface area contributed by atoms with Gasteiger partial charge >= 0.3 is 60.5 Å². The van der Waals surface area contributed by atoms with Gasteiger partial charge in [-0.15, -0.1) is 0 Å². The molecule has 0 aliphatic carbocycles. The summed E-state index contributed by atoms with van der Waals surface area (Å²) in [4.78, 5) is -38.2. The predicted octanol–water partition coefficient (Wildman–Crippen LogP) is 21.9. The first-order valence-electron chi connectivity index (χ1n) is 28.5. The molecule has 0 amide bonds. The van der Waals surface area contributed by atoms with Crippen molar-refractivity contribution in [2.24, 2.45) is 5.92 Å². The van der Waals surface area contributed by atoms with Crippen molar-refractivity contribution in [2.45, 2.75) is 282 Å². The fourth-order valence-electron chi connectivity index (χ4n) is 10.1. The van der Waals surface area contributed by atoms with E-state index in [1.165, 1.54) is 27.7 Å². The van der Waals surface area contributed by atoms with Crippen molar-refractivity contribution in [1.82, 2.24) is 0 Å². The summed E-state index contributed by atoms with van der Waals surface area (Å²) in [5.74, 6) is -69.6. The summed E-state index contributed by atoms with van der Waals surface area (Å²) in [5, 5.41) is 0. The first kappa shape index (κ1) is 81.8. The van der Waals surface area contributed by atoms with Crippen molar-refractivity contribution >= 4 is 18.8 Å². The van der Waals surface area contributed by atoms with Crippen LogP contribution in [-0.4, -0.2) is 92.7 Å². The molecule has 0 saturated heterocycles. The Bertz CT molecular complexity index is 1870. The highest BCUT2D eigenvalue weighted by Crippen LogP contribution is 2.73. The lowest BCUT2D eigenvalue weighted by Gasteiger charge is -2.61. The van der Waals surface area contributed by atoms with Crippen LogP contribution in [0.5, 0.6) is 0 Å². The van der Waals surface area contributed by atoms with E-state index in [-0.39, 0.29) is 57.1 Å². The van der Waals surface area contributed by atoms with Crippen molar-refractivity contribution in [3.8, 4) is 0 Å². The zero-order valence-electron chi connectivity index (χ0n) is 48.1. The molecule has 0 aliphatic rings. The van der Waals surface area contributed by atoms with E-state index in [1.54, 1.807) is 0 Å². The van der Waals surface area contributed by atoms with Crippen LogP contribution in [0.2, 0.25) is 0 Å². The standard InChI is InChI=1S/C18H27F4N.4C9H13F6.Al/c1-4-6-7-8-10-23(12-13(3)9-5-2)15-11-14(19)16(20)18(22)17(15)21;4*1-2-3-4-5-6-8(12,13)9(14,15)7(10)11;/h11,13H,4-10,12H2,1-3H3;4*2-6H2,1H3;/q;;;;;-1/p+1. The lowest BCUT2D eigenvalue weighted by Crippen LogP contribution is -3.08. The van der Waals surface area contributed by atoms with E-state index in [0.29, 0.717) is 23.9 Å². The van der Waals surface area contributed by atoms with E-state index in [4.69, 9.17) is 0 Å². The molecule has 0 aromatic heterocycles. The molecule has 500 valence electrons. The van der Waals surface area contributed by atoms with Crippen molar-refractivity contribution in [1.29, 1.82) is 0 Å². The average Bonchev–Trinajstić information content (AvgIpc) is 3.01. The van der Waals surface area contributed by atoms with E-state index < -0.39 is 180 Å². The Labute approximate surface area is 475 Å². The third-order valence-corrected chi connectivity index (χ3v) is 21.1. The quantitative estimate of drug-likeness (QED) is 0.0219. The summed E-state index contributed by atoms with van der Waals surface area (Å²) < 4.78 is 434. The SMILES string of the molecule is CCCCCCC(F)(F)C(F)(F)[C](F)(F)[Al-]([C](F)(F)C(F)(F)C(F)(F)CCCCCC)([C](F)(F)C(F)(F)C(F)(F)CCCCCC)[C](F)(F)C(F)(F)C(F)(F)CCCCCC.CCCCCC[NH+](CC(C)CCC)c1cc(F)c(F)c(F)c1F. The van der Waals surface area contributed by atoms with Gasteiger partial charge in [0.05, 0.1) is 13.1 Å². The van der Waals surface area contributed by atoms with Crippen LogP contribution in [0.3, 0.4) is 0 Å². The molecule has 1 nitrogen and oxygen atoms in total. The number of quaternary nitrogens is 1. The molecule has 84 heavy (non-hydrogen) atoms. The van der Waals surface area contributed by atoms with Gasteiger partial charge in [-0.3, -0.25) is 40.0 Å². The second-order valence-corrected chi connectivity index (χ2v) is 26.7. The molecule has 0 fully saturated rings. The van der Waals surface area contributed by atoms with Crippen molar-refractivity contribution in [3.05, 3.63) is 29.3 Å². The molecule has 0 bridgehead atoms. The molecule has 0 spiro atoms. The number of nitrogens with one attached hydrogen (secondary N) is 1. The number of halogens is 28. The van der Waals surface area contributed by atoms with Gasteiger partial charge < -0.3 is 0 Å². The maximum absolute atomic E-state index is 16.6. The number of hydrogen-bond donors (Lipinski definition) is 1. The summed E-state index contributed by atoms with van der Waals surface area (Å²) >= 11 is -13.7. The summed E-state index contributed by atoms with van der Waals surface area (Å²) in [5.41, 5.74) is -0.0964. The molecule has 0 heterocycles. The third kappa shape index (κ3) is 17.0. The van der Waals surface area contributed by atoms with Crippen LogP contribution >= 0.6 is 0 Å². The first-order chi connectivity index (χ1) is 38.2. The minimum Gasteiger partial charge on any atom is -0.300 e. The van der Waals surface area contributed by atoms with E-state index in [1.807, 2.05) is 6.92 Å². The van der Waals surface area contributed by atoms with Crippen molar-refractivity contribution in [3.63, 3.8) is 0 Å². The van der Waals surface area contributed by atoms with Gasteiger partial charge in [0.15, 0.2) is 36.5 Å². The fourth-order valence-corrected chi connectivity index (χ4v) is 15.9. The molecule has 30 heteroatoms. The van der Waals surface area contributed by atoms with Crippen LogP contribution in [0.15, 0.2) is 6.07 Å². The Hall–Kier alpha value is -2.25. The van der Waals surface area contributed by atoms with Crippen molar-refractivity contribution < 1.29 is 128 Å². The van der Waals surface area contributed by atoms with Gasteiger partial charge in [0.2, 0.25) is 11.6 Å². The molecule has 0 radical (unpaired) electrons. The van der Waals surface area contributed by atoms with Gasteiger partial charge in [-0.2, -0.15) is 74.6 Å². The topological polar surface area (TPSA) is 4.44 Å². The van der Waals surface area contributed by atoms with Crippen LogP contribution < -0.4 is 4.90 Å². The summed E-state index contributed by atoms with van der Waals surface area (Å²) in [7, 11) is 0.